The van der Waals surface area contributed by atoms with Gasteiger partial charge >= 0.3 is 0 Å². The van der Waals surface area contributed by atoms with Gasteiger partial charge < -0.3 is 5.32 Å². The highest BCUT2D eigenvalue weighted by Crippen LogP contribution is 2.41. The lowest BCUT2D eigenvalue weighted by Crippen LogP contribution is -2.22. The van der Waals surface area contributed by atoms with E-state index in [9.17, 15) is 4.39 Å². The van der Waals surface area contributed by atoms with Crippen LogP contribution in [0.15, 0.2) is 48.5 Å². The topological polar surface area (TPSA) is 12.0 Å². The summed E-state index contributed by atoms with van der Waals surface area (Å²) in [5.41, 5.74) is 3.63. The van der Waals surface area contributed by atoms with Crippen molar-refractivity contribution in [2.45, 2.75) is 32.4 Å². The molecule has 1 unspecified atom stereocenters. The maximum absolute atomic E-state index is 13.2. The molecule has 0 aliphatic heterocycles. The van der Waals surface area contributed by atoms with Crippen LogP contribution in [-0.4, -0.2) is 0 Å². The Kier molecular flexibility index (Phi) is 3.83. The van der Waals surface area contributed by atoms with Crippen molar-refractivity contribution < 1.29 is 4.39 Å². The first-order valence-corrected chi connectivity index (χ1v) is 7.27. The van der Waals surface area contributed by atoms with Crippen molar-refractivity contribution in [2.24, 2.45) is 5.92 Å². The van der Waals surface area contributed by atoms with Gasteiger partial charge in [-0.3, -0.25) is 0 Å². The smallest absolute Gasteiger partial charge is 0.123 e. The molecular weight excluding hydrogens is 249 g/mol. The van der Waals surface area contributed by atoms with Crippen molar-refractivity contribution in [1.82, 2.24) is 5.32 Å². The molecule has 2 heteroatoms. The molecule has 1 aliphatic rings. The van der Waals surface area contributed by atoms with Crippen LogP contribution in [0.1, 0.15) is 35.6 Å². The highest BCUT2D eigenvalue weighted by Gasteiger charge is 2.31. The fourth-order valence-corrected chi connectivity index (χ4v) is 2.63. The molecule has 3 rings (SSSR count). The Morgan fingerprint density at radius 2 is 1.90 bits per heavy atom. The average Bonchev–Trinajstić information content (AvgIpc) is 3.26. The van der Waals surface area contributed by atoms with E-state index in [1.807, 2.05) is 6.07 Å². The first kappa shape index (κ1) is 13.3. The Bertz CT molecular complexity index is 572. The van der Waals surface area contributed by atoms with Crippen LogP contribution in [0.5, 0.6) is 0 Å². The molecule has 0 radical (unpaired) electrons. The van der Waals surface area contributed by atoms with E-state index in [1.165, 1.54) is 30.0 Å². The van der Waals surface area contributed by atoms with Crippen LogP contribution in [0.25, 0.3) is 0 Å². The summed E-state index contributed by atoms with van der Waals surface area (Å²) in [4.78, 5) is 0. The SMILES string of the molecule is Cc1ccc(C(NCc2cccc(F)c2)C2CC2)cc1. The van der Waals surface area contributed by atoms with Crippen LogP contribution < -0.4 is 5.32 Å². The van der Waals surface area contributed by atoms with Crippen molar-refractivity contribution in [3.05, 3.63) is 71.0 Å². The van der Waals surface area contributed by atoms with Gasteiger partial charge in [-0.15, -0.1) is 0 Å². The second-order valence-corrected chi connectivity index (χ2v) is 5.74. The molecule has 1 N–H and O–H groups in total. The maximum Gasteiger partial charge on any atom is 0.123 e. The molecule has 1 aliphatic carbocycles. The van der Waals surface area contributed by atoms with E-state index in [0.717, 1.165) is 11.5 Å². The molecule has 0 heterocycles. The summed E-state index contributed by atoms with van der Waals surface area (Å²) in [7, 11) is 0. The fraction of sp³-hybridized carbons (Fsp3) is 0.333. The number of nitrogens with one attached hydrogen (secondary N) is 1. The molecule has 2 aromatic carbocycles. The van der Waals surface area contributed by atoms with Crippen LogP contribution >= 0.6 is 0 Å². The molecule has 20 heavy (non-hydrogen) atoms. The predicted octanol–water partition coefficient (Wildman–Crippen LogP) is 4.38. The Labute approximate surface area is 119 Å². The molecule has 0 saturated heterocycles. The van der Waals surface area contributed by atoms with Gasteiger partial charge in [0.25, 0.3) is 0 Å². The zero-order valence-corrected chi connectivity index (χ0v) is 11.8. The van der Waals surface area contributed by atoms with Gasteiger partial charge in [0.2, 0.25) is 0 Å². The van der Waals surface area contributed by atoms with Crippen molar-refractivity contribution >= 4 is 0 Å². The van der Waals surface area contributed by atoms with E-state index in [-0.39, 0.29) is 5.82 Å². The third-order valence-electron chi connectivity index (χ3n) is 3.95. The van der Waals surface area contributed by atoms with Gasteiger partial charge in [-0.1, -0.05) is 42.0 Å². The van der Waals surface area contributed by atoms with E-state index >= 15 is 0 Å². The normalized spacial score (nSPS) is 16.1. The zero-order chi connectivity index (χ0) is 13.9. The molecule has 0 amide bonds. The van der Waals surface area contributed by atoms with E-state index in [4.69, 9.17) is 0 Å². The summed E-state index contributed by atoms with van der Waals surface area (Å²) < 4.78 is 13.2. The Morgan fingerprint density at radius 3 is 2.55 bits per heavy atom. The van der Waals surface area contributed by atoms with E-state index in [0.29, 0.717) is 12.6 Å². The van der Waals surface area contributed by atoms with Gasteiger partial charge in [0.1, 0.15) is 5.82 Å². The first-order chi connectivity index (χ1) is 9.72. The van der Waals surface area contributed by atoms with Gasteiger partial charge in [-0.05, 0) is 48.9 Å². The molecule has 0 aromatic heterocycles. The van der Waals surface area contributed by atoms with Gasteiger partial charge in [-0.25, -0.2) is 4.39 Å². The zero-order valence-electron chi connectivity index (χ0n) is 11.8. The third-order valence-corrected chi connectivity index (χ3v) is 3.95. The molecule has 1 atom stereocenters. The molecule has 0 bridgehead atoms. The molecule has 0 spiro atoms. The number of benzene rings is 2. The summed E-state index contributed by atoms with van der Waals surface area (Å²) in [6.45, 7) is 2.82. The largest absolute Gasteiger partial charge is 0.306 e. The average molecular weight is 269 g/mol. The number of rotatable bonds is 5. The Hall–Kier alpha value is -1.67. The van der Waals surface area contributed by atoms with Crippen molar-refractivity contribution in [2.75, 3.05) is 0 Å². The van der Waals surface area contributed by atoms with Crippen molar-refractivity contribution in [1.29, 1.82) is 0 Å². The maximum atomic E-state index is 13.2. The van der Waals surface area contributed by atoms with E-state index < -0.39 is 0 Å². The van der Waals surface area contributed by atoms with Gasteiger partial charge in [-0.2, -0.15) is 0 Å². The lowest BCUT2D eigenvalue weighted by molar-refractivity contribution is 0.479. The summed E-state index contributed by atoms with van der Waals surface area (Å²) in [6, 6.07) is 15.9. The summed E-state index contributed by atoms with van der Waals surface area (Å²) in [6.07, 6.45) is 2.57. The second-order valence-electron chi connectivity index (χ2n) is 5.74. The lowest BCUT2D eigenvalue weighted by atomic mass is 10.0. The minimum atomic E-state index is -0.164. The summed E-state index contributed by atoms with van der Waals surface area (Å²) in [5, 5.41) is 3.59. The lowest BCUT2D eigenvalue weighted by Gasteiger charge is -2.19. The number of halogens is 1. The minimum Gasteiger partial charge on any atom is -0.306 e. The number of hydrogen-bond donors (Lipinski definition) is 1. The summed E-state index contributed by atoms with van der Waals surface area (Å²) >= 11 is 0. The van der Waals surface area contributed by atoms with Gasteiger partial charge in [0.05, 0.1) is 0 Å². The molecule has 2 aromatic rings. The van der Waals surface area contributed by atoms with Crippen molar-refractivity contribution in [3.8, 4) is 0 Å². The highest BCUT2D eigenvalue weighted by atomic mass is 19.1. The van der Waals surface area contributed by atoms with Crippen LogP contribution in [0.4, 0.5) is 4.39 Å². The van der Waals surface area contributed by atoms with E-state index in [2.05, 4.69) is 36.5 Å². The molecule has 1 fully saturated rings. The third kappa shape index (κ3) is 3.26. The monoisotopic (exact) mass is 269 g/mol. The molecular formula is C18H20FN. The minimum absolute atomic E-state index is 0.164. The molecule has 1 nitrogen and oxygen atoms in total. The van der Waals surface area contributed by atoms with E-state index in [1.54, 1.807) is 12.1 Å². The Morgan fingerprint density at radius 1 is 1.15 bits per heavy atom. The Balaban J connectivity index is 1.70. The standard InChI is InChI=1S/C18H20FN/c1-13-5-7-15(8-6-13)18(16-9-10-16)20-12-14-3-2-4-17(19)11-14/h2-8,11,16,18,20H,9-10,12H2,1H3. The van der Waals surface area contributed by atoms with Gasteiger partial charge in [0, 0.05) is 12.6 Å². The predicted molar refractivity (Wildman–Crippen MR) is 79.9 cm³/mol. The van der Waals surface area contributed by atoms with Crippen LogP contribution in [0.3, 0.4) is 0 Å². The van der Waals surface area contributed by atoms with Crippen LogP contribution in [0, 0.1) is 18.7 Å². The van der Waals surface area contributed by atoms with Crippen LogP contribution in [0.2, 0.25) is 0 Å². The second kappa shape index (κ2) is 5.76. The quantitative estimate of drug-likeness (QED) is 0.849. The molecule has 104 valence electrons. The first-order valence-electron chi connectivity index (χ1n) is 7.27. The fourth-order valence-electron chi connectivity index (χ4n) is 2.63. The van der Waals surface area contributed by atoms with Crippen LogP contribution in [-0.2, 0) is 6.54 Å². The van der Waals surface area contributed by atoms with Crippen molar-refractivity contribution in [3.63, 3.8) is 0 Å². The summed E-state index contributed by atoms with van der Waals surface area (Å²) in [5.74, 6) is 0.564. The molecule has 1 saturated carbocycles. The number of hydrogen-bond acceptors (Lipinski definition) is 1. The highest BCUT2D eigenvalue weighted by molar-refractivity contribution is 5.26. The van der Waals surface area contributed by atoms with Gasteiger partial charge in [0.15, 0.2) is 0 Å². The number of aryl methyl sites for hydroxylation is 1.